The molecule has 0 saturated carbocycles. The average molecular weight is 1290 g/mol. The molecule has 2 aliphatic heterocycles. The number of allylic oxidation sites excluding steroid dienone is 1. The largest absolute Gasteiger partial charge is 0.493 e. The number of hydrogen-bond donors (Lipinski definition) is 8. The Morgan fingerprint density at radius 2 is 1.44 bits per heavy atom. The molecule has 2 heterocycles. The third-order valence-electron chi connectivity index (χ3n) is 16.8. The summed E-state index contributed by atoms with van der Waals surface area (Å²) in [4.78, 5) is 118. The van der Waals surface area contributed by atoms with Crippen molar-refractivity contribution in [2.75, 3.05) is 74.1 Å². The fourth-order valence-corrected chi connectivity index (χ4v) is 12.1. The number of para-hydroxylation sites is 1. The number of amides is 5. The summed E-state index contributed by atoms with van der Waals surface area (Å²) >= 11 is 0. The number of piperidine rings is 1. The van der Waals surface area contributed by atoms with Crippen molar-refractivity contribution >= 4 is 59.4 Å². The molecule has 1 saturated heterocycles. The molecule has 26 heteroatoms. The first-order chi connectivity index (χ1) is 44.2. The van der Waals surface area contributed by atoms with E-state index in [0.717, 1.165) is 41.0 Å². The van der Waals surface area contributed by atoms with Gasteiger partial charge in [-0.25, -0.2) is 9.59 Å². The van der Waals surface area contributed by atoms with E-state index in [1.54, 1.807) is 55.6 Å². The number of ether oxygens (including phenoxy) is 6. The number of guanidine groups is 2. The van der Waals surface area contributed by atoms with Crippen molar-refractivity contribution in [2.24, 2.45) is 50.7 Å². The number of esters is 2. The molecule has 12 N–H and O–H groups in total. The zero-order valence-corrected chi connectivity index (χ0v) is 52.8. The maximum atomic E-state index is 14.6. The summed E-state index contributed by atoms with van der Waals surface area (Å²) < 4.78 is 35.7. The van der Waals surface area contributed by atoms with Gasteiger partial charge in [-0.2, -0.15) is 0 Å². The minimum atomic E-state index is -1.35. The maximum Gasteiger partial charge on any atom is 0.415 e. The van der Waals surface area contributed by atoms with Gasteiger partial charge in [0.25, 0.3) is 0 Å². The van der Waals surface area contributed by atoms with Crippen molar-refractivity contribution < 1.29 is 66.8 Å². The van der Waals surface area contributed by atoms with E-state index in [2.05, 4.69) is 49.3 Å². The lowest BCUT2D eigenvalue weighted by Crippen LogP contribution is -2.63. The van der Waals surface area contributed by atoms with Crippen LogP contribution < -0.4 is 63.1 Å². The molecule has 2 aliphatic carbocycles. The average Bonchev–Trinajstić information content (AvgIpc) is 1.57. The van der Waals surface area contributed by atoms with Crippen LogP contribution in [0.25, 0.3) is 0 Å². The number of likely N-dealkylation sites (tertiary alicyclic amines) is 1. The van der Waals surface area contributed by atoms with Gasteiger partial charge in [-0.1, -0.05) is 68.4 Å². The van der Waals surface area contributed by atoms with Crippen LogP contribution in [0.4, 0.5) is 4.79 Å². The minimum absolute atomic E-state index is 0. The molecule has 4 aliphatic rings. The molecular weight excluding hydrogens is 1200 g/mol. The molecule has 5 amide bonds. The SMILES string of the molecule is C.CN=C(N)N.COc1ccc2c3c1O[C@H]1C(OC(=O)N(C)[C@@H](CNC(=O)[C@@H](CCCN=C(N)N)CC(=O)CNC(C)=O)C(=O)NCCCC[C@H](CC(=O)OCc4ccccc4)C(=O)NCCOc4ccc(C(=O)Oc5ccccc5)cc4)=CC[C@H]4[C@@H](C2)N(C)CC[C@]314. The van der Waals surface area contributed by atoms with Gasteiger partial charge < -0.3 is 77.5 Å². The summed E-state index contributed by atoms with van der Waals surface area (Å²) in [6.45, 7) is 1.83. The number of nitrogens with one attached hydrogen (secondary N) is 4. The number of likely N-dealkylation sites (N-methyl/N-ethyl adjacent to an activating group) is 2. The molecule has 8 rings (SSSR count). The molecule has 1 fully saturated rings. The minimum Gasteiger partial charge on any atom is -0.493 e. The molecule has 26 nitrogen and oxygen atoms in total. The van der Waals surface area contributed by atoms with Gasteiger partial charge >= 0.3 is 18.0 Å². The maximum absolute atomic E-state index is 14.6. The molecule has 502 valence electrons. The van der Waals surface area contributed by atoms with Crippen molar-refractivity contribution in [3.8, 4) is 23.0 Å². The van der Waals surface area contributed by atoms with E-state index in [4.69, 9.17) is 51.4 Å². The van der Waals surface area contributed by atoms with E-state index in [9.17, 15) is 38.4 Å². The van der Waals surface area contributed by atoms with Crippen LogP contribution in [0.5, 0.6) is 23.0 Å². The zero-order valence-electron chi connectivity index (χ0n) is 52.8. The Morgan fingerprint density at radius 3 is 2.12 bits per heavy atom. The second-order valence-electron chi connectivity index (χ2n) is 23.0. The molecule has 4 aromatic carbocycles. The number of nitrogens with two attached hydrogens (primary N) is 4. The fourth-order valence-electron chi connectivity index (χ4n) is 12.1. The van der Waals surface area contributed by atoms with Gasteiger partial charge in [0.2, 0.25) is 23.6 Å². The van der Waals surface area contributed by atoms with E-state index in [0.29, 0.717) is 60.0 Å². The highest BCUT2D eigenvalue weighted by Crippen LogP contribution is 2.64. The van der Waals surface area contributed by atoms with Gasteiger partial charge in [0.1, 0.15) is 36.5 Å². The lowest BCUT2D eigenvalue weighted by atomic mass is 9.53. The summed E-state index contributed by atoms with van der Waals surface area (Å²) in [6, 6.07) is 27.1. The number of methoxy groups -OCH3 is 1. The quantitative estimate of drug-likeness (QED) is 0.0115. The number of nitrogens with zero attached hydrogens (tertiary/aromatic N) is 4. The smallest absolute Gasteiger partial charge is 0.415 e. The van der Waals surface area contributed by atoms with Gasteiger partial charge in [-0.3, -0.25) is 43.7 Å². The number of Topliss-reactive ketones (excluding diaryl/α,β-unsaturated/α-hetero) is 1. The van der Waals surface area contributed by atoms with Crippen molar-refractivity contribution in [1.82, 2.24) is 31.1 Å². The highest BCUT2D eigenvalue weighted by molar-refractivity contribution is 5.92. The van der Waals surface area contributed by atoms with Gasteiger partial charge in [-0.05, 0) is 124 Å². The van der Waals surface area contributed by atoms with Crippen LogP contribution >= 0.6 is 0 Å². The van der Waals surface area contributed by atoms with Crippen LogP contribution in [0, 0.1) is 17.8 Å². The predicted molar refractivity (Wildman–Crippen MR) is 349 cm³/mol. The Bertz CT molecular complexity index is 3310. The van der Waals surface area contributed by atoms with Crippen molar-refractivity contribution in [3.05, 3.63) is 131 Å². The zero-order chi connectivity index (χ0) is 66.3. The van der Waals surface area contributed by atoms with Crippen molar-refractivity contribution in [3.63, 3.8) is 0 Å². The third kappa shape index (κ3) is 19.9. The van der Waals surface area contributed by atoms with Crippen molar-refractivity contribution in [1.29, 1.82) is 0 Å². The topological polar surface area (TPSA) is 375 Å². The van der Waals surface area contributed by atoms with E-state index >= 15 is 0 Å². The number of carbonyl (C=O) groups is 8. The summed E-state index contributed by atoms with van der Waals surface area (Å²) in [6.07, 6.45) is 3.54. The molecule has 0 unspecified atom stereocenters. The Labute approximate surface area is 542 Å². The van der Waals surface area contributed by atoms with Crippen molar-refractivity contribution in [2.45, 2.75) is 109 Å². The highest BCUT2D eigenvalue weighted by atomic mass is 16.6. The molecule has 2 bridgehead atoms. The van der Waals surface area contributed by atoms with E-state index in [1.807, 2.05) is 48.5 Å². The molecule has 93 heavy (non-hydrogen) atoms. The first-order valence-corrected chi connectivity index (χ1v) is 30.8. The normalized spacial score (nSPS) is 17.9. The van der Waals surface area contributed by atoms with E-state index in [1.165, 1.54) is 21.0 Å². The molecule has 1 spiro atoms. The second kappa shape index (κ2) is 35.2. The number of benzene rings is 4. The first-order valence-electron chi connectivity index (χ1n) is 30.8. The van der Waals surface area contributed by atoms with Crippen LogP contribution in [0.3, 0.4) is 0 Å². The highest BCUT2D eigenvalue weighted by Gasteiger charge is 2.65. The molecule has 0 radical (unpaired) electrons. The second-order valence-corrected chi connectivity index (χ2v) is 23.0. The summed E-state index contributed by atoms with van der Waals surface area (Å²) in [5.74, 6) is -2.71. The Morgan fingerprint density at radius 1 is 0.774 bits per heavy atom. The molecule has 7 atom stereocenters. The molecular formula is C67H90N12O14. The summed E-state index contributed by atoms with van der Waals surface area (Å²) in [7, 11) is 6.66. The summed E-state index contributed by atoms with van der Waals surface area (Å²) in [5.41, 5.74) is 23.6. The third-order valence-corrected chi connectivity index (χ3v) is 16.8. The Kier molecular flexibility index (Phi) is 27.4. The van der Waals surface area contributed by atoms with Gasteiger partial charge in [0.05, 0.1) is 32.2 Å². The summed E-state index contributed by atoms with van der Waals surface area (Å²) in [5, 5.41) is 11.0. The van der Waals surface area contributed by atoms with Gasteiger partial charge in [0.15, 0.2) is 35.3 Å². The fraction of sp³-hybridized carbons (Fsp3) is 0.463. The van der Waals surface area contributed by atoms with Crippen LogP contribution in [0.15, 0.2) is 119 Å². The van der Waals surface area contributed by atoms with Crippen LogP contribution in [0.2, 0.25) is 0 Å². The van der Waals surface area contributed by atoms with Crippen LogP contribution in [-0.2, 0) is 56.7 Å². The Hall–Kier alpha value is -9.72. The lowest BCUT2D eigenvalue weighted by Gasteiger charge is -2.56. The van der Waals surface area contributed by atoms with Crippen LogP contribution in [0.1, 0.15) is 99.2 Å². The lowest BCUT2D eigenvalue weighted by molar-refractivity contribution is -0.148. The van der Waals surface area contributed by atoms with Gasteiger partial charge in [-0.15, -0.1) is 0 Å². The number of rotatable bonds is 31. The standard InChI is InChI=1S/C64H79N9O14.C2H7N3.CH4/c1-40(74)70-37-46(75)34-44(17-13-30-69-62(65)66)59(78)71-38-51(73(3)63(81)86-53-27-25-49-50-35-43-22-26-52(82-4)56-55(43)64(49,57(53)87-56)28-32-72(50)2)60(79)67-29-12-11-16-45(36-54(76)84-39-41-14-7-5-8-15-41)58(77)68-31-33-83-47-23-20-42(21-24-47)61(80)85-48-18-9-6-10-19-48;1-5-2(3)4;/h5-10,14-15,18-24,26-27,44-45,49-51,57H,11-13,16-17,25,28-39H2,1-4H3,(H,67,79)(H,68,77)(H,70,74)(H,71,78)(H4,65,66,69);1H3,(H4,3,4,5);1H4/t44-,45+,49-,50+,51-,57-,64-;;/m0../s1. The number of aliphatic imine (C=N–C) groups is 2. The predicted octanol–water partition coefficient (Wildman–Crippen LogP) is 4.15. The number of carbonyl (C=O) groups excluding carboxylic acids is 8. The number of hydrogen-bond acceptors (Lipinski definition) is 17. The number of unbranched alkanes of at least 4 members (excludes halogenated alkanes) is 1. The van der Waals surface area contributed by atoms with Gasteiger partial charge in [0, 0.05) is 75.9 Å². The molecule has 4 aromatic rings. The van der Waals surface area contributed by atoms with E-state index < -0.39 is 83.4 Å². The molecule has 0 aromatic heterocycles. The van der Waals surface area contributed by atoms with Crippen LogP contribution in [-0.4, -0.2) is 161 Å². The first kappa shape index (κ1) is 72.3. The monoisotopic (exact) mass is 1290 g/mol. The Balaban J connectivity index is 0.00000220. The van der Waals surface area contributed by atoms with E-state index in [-0.39, 0.29) is 96.4 Å². The number of ketones is 1.